The molecule has 0 radical (unpaired) electrons. The molecule has 0 saturated heterocycles. The third-order valence-electron chi connectivity index (χ3n) is 0.321. The van der Waals surface area contributed by atoms with E-state index in [-0.39, 0.29) is 0 Å². The summed E-state index contributed by atoms with van der Waals surface area (Å²) in [6, 6.07) is 0. The van der Waals surface area contributed by atoms with E-state index in [1.165, 1.54) is 0 Å². The summed E-state index contributed by atoms with van der Waals surface area (Å²) in [5.74, 6) is 0. The molecule has 0 saturated carbocycles. The molecule has 0 amide bonds. The summed E-state index contributed by atoms with van der Waals surface area (Å²) in [5.41, 5.74) is -0.528. The molecular formula is C4H10O3S. The fourth-order valence-corrected chi connectivity index (χ4v) is 0.642. The van der Waals surface area contributed by atoms with Crippen LogP contribution in [-0.2, 0) is 15.5 Å². The standard InChI is InChI=1S/C4H10O3S/c1-4(2,3)7-8(5)6/h1-3H3,(H,5,6). The Kier molecular flexibility index (Phi) is 2.59. The number of hydrogen-bond acceptors (Lipinski definition) is 2. The Bertz CT molecular complexity index is 93.9. The molecule has 0 heterocycles. The van der Waals surface area contributed by atoms with Gasteiger partial charge in [0, 0.05) is 0 Å². The summed E-state index contributed by atoms with van der Waals surface area (Å²) >= 11 is -2.14. The van der Waals surface area contributed by atoms with Gasteiger partial charge in [0.05, 0.1) is 5.60 Å². The van der Waals surface area contributed by atoms with Crippen LogP contribution in [0.25, 0.3) is 0 Å². The largest absolute Gasteiger partial charge is 0.302 e. The Hall–Kier alpha value is 0.0700. The van der Waals surface area contributed by atoms with Crippen LogP contribution in [0, 0.1) is 0 Å². The van der Waals surface area contributed by atoms with Crippen molar-refractivity contribution < 1.29 is 12.9 Å². The van der Waals surface area contributed by atoms with Gasteiger partial charge in [-0.2, -0.15) is 4.21 Å². The highest BCUT2D eigenvalue weighted by Crippen LogP contribution is 2.06. The third kappa shape index (κ3) is 6.07. The van der Waals surface area contributed by atoms with Gasteiger partial charge in [0.15, 0.2) is 0 Å². The molecule has 1 N–H and O–H groups in total. The van der Waals surface area contributed by atoms with E-state index in [1.807, 2.05) is 0 Å². The molecule has 0 fully saturated rings. The Morgan fingerprint density at radius 2 is 1.88 bits per heavy atom. The minimum Gasteiger partial charge on any atom is -0.284 e. The normalized spacial score (nSPS) is 16.0. The van der Waals surface area contributed by atoms with Gasteiger partial charge in [-0.3, -0.25) is 8.74 Å². The summed E-state index contributed by atoms with van der Waals surface area (Å²) in [7, 11) is 0. The van der Waals surface area contributed by atoms with Crippen molar-refractivity contribution in [3.8, 4) is 0 Å². The lowest BCUT2D eigenvalue weighted by Crippen LogP contribution is -2.19. The van der Waals surface area contributed by atoms with Crippen LogP contribution in [0.4, 0.5) is 0 Å². The lowest BCUT2D eigenvalue weighted by molar-refractivity contribution is 0.136. The van der Waals surface area contributed by atoms with Crippen molar-refractivity contribution in [2.24, 2.45) is 0 Å². The molecular weight excluding hydrogens is 128 g/mol. The maximum Gasteiger partial charge on any atom is 0.302 e. The highest BCUT2D eigenvalue weighted by Gasteiger charge is 2.12. The van der Waals surface area contributed by atoms with Crippen molar-refractivity contribution in [2.45, 2.75) is 26.4 Å². The quantitative estimate of drug-likeness (QED) is 0.548. The van der Waals surface area contributed by atoms with Crippen molar-refractivity contribution in [2.75, 3.05) is 0 Å². The highest BCUT2D eigenvalue weighted by molar-refractivity contribution is 7.74. The summed E-state index contributed by atoms with van der Waals surface area (Å²) in [5, 5.41) is 0. The van der Waals surface area contributed by atoms with Crippen LogP contribution in [0.3, 0.4) is 0 Å². The zero-order valence-corrected chi connectivity index (χ0v) is 5.99. The van der Waals surface area contributed by atoms with Gasteiger partial charge >= 0.3 is 11.4 Å². The molecule has 0 aliphatic rings. The smallest absolute Gasteiger partial charge is 0.284 e. The molecule has 3 nitrogen and oxygen atoms in total. The minimum atomic E-state index is -2.14. The van der Waals surface area contributed by atoms with Crippen molar-refractivity contribution in [1.82, 2.24) is 0 Å². The van der Waals surface area contributed by atoms with Crippen LogP contribution in [0.1, 0.15) is 20.8 Å². The van der Waals surface area contributed by atoms with Crippen LogP contribution in [0.5, 0.6) is 0 Å². The molecule has 0 aromatic heterocycles. The minimum absolute atomic E-state index is 0.528. The second-order valence-electron chi connectivity index (χ2n) is 2.41. The summed E-state index contributed by atoms with van der Waals surface area (Å²) in [4.78, 5) is 0. The molecule has 0 aromatic rings. The molecule has 0 bridgehead atoms. The molecule has 0 aliphatic heterocycles. The first-order chi connectivity index (χ1) is 3.42. The predicted molar refractivity (Wildman–Crippen MR) is 31.6 cm³/mol. The molecule has 1 unspecified atom stereocenters. The molecule has 0 rings (SSSR count). The Balaban J connectivity index is 3.55. The second-order valence-corrected chi connectivity index (χ2v) is 3.01. The van der Waals surface area contributed by atoms with Crippen molar-refractivity contribution in [1.29, 1.82) is 0 Å². The summed E-state index contributed by atoms with van der Waals surface area (Å²) in [6.45, 7) is 5.13. The molecule has 0 aliphatic carbocycles. The van der Waals surface area contributed by atoms with Crippen LogP contribution in [0.15, 0.2) is 0 Å². The average Bonchev–Trinajstić information content (AvgIpc) is 1.21. The summed E-state index contributed by atoms with van der Waals surface area (Å²) < 4.78 is 22.5. The fourth-order valence-electron chi connectivity index (χ4n) is 0.214. The molecule has 8 heavy (non-hydrogen) atoms. The topological polar surface area (TPSA) is 46.5 Å². The van der Waals surface area contributed by atoms with Crippen molar-refractivity contribution in [3.63, 3.8) is 0 Å². The van der Waals surface area contributed by atoms with Crippen LogP contribution < -0.4 is 0 Å². The van der Waals surface area contributed by atoms with E-state index in [0.29, 0.717) is 0 Å². The number of rotatable bonds is 1. The highest BCUT2D eigenvalue weighted by atomic mass is 32.2. The van der Waals surface area contributed by atoms with E-state index in [1.54, 1.807) is 20.8 Å². The van der Waals surface area contributed by atoms with E-state index in [0.717, 1.165) is 0 Å². The second kappa shape index (κ2) is 2.57. The average molecular weight is 138 g/mol. The van der Waals surface area contributed by atoms with Gasteiger partial charge in [-0.05, 0) is 20.8 Å². The first-order valence-corrected chi connectivity index (χ1v) is 3.25. The van der Waals surface area contributed by atoms with Crippen molar-refractivity contribution in [3.05, 3.63) is 0 Å². The lowest BCUT2D eigenvalue weighted by Gasteiger charge is -2.14. The third-order valence-corrected chi connectivity index (χ3v) is 0.964. The Morgan fingerprint density at radius 1 is 1.50 bits per heavy atom. The lowest BCUT2D eigenvalue weighted by atomic mass is 10.2. The molecule has 4 heteroatoms. The molecule has 50 valence electrons. The zero-order valence-electron chi connectivity index (χ0n) is 5.17. The van der Waals surface area contributed by atoms with Crippen molar-refractivity contribution >= 4 is 11.4 Å². The molecule has 1 atom stereocenters. The van der Waals surface area contributed by atoms with E-state index in [9.17, 15) is 4.21 Å². The van der Waals surface area contributed by atoms with E-state index < -0.39 is 17.0 Å². The predicted octanol–water partition coefficient (Wildman–Crippen LogP) is 0.938. The molecule has 0 aromatic carbocycles. The van der Waals surface area contributed by atoms with Gasteiger partial charge in [-0.1, -0.05) is 0 Å². The monoisotopic (exact) mass is 138 g/mol. The van der Waals surface area contributed by atoms with Crippen LogP contribution in [-0.4, -0.2) is 14.4 Å². The Labute approximate surface area is 51.5 Å². The van der Waals surface area contributed by atoms with Gasteiger partial charge in [0.25, 0.3) is 0 Å². The van der Waals surface area contributed by atoms with Gasteiger partial charge in [0.1, 0.15) is 0 Å². The Morgan fingerprint density at radius 3 is 1.88 bits per heavy atom. The van der Waals surface area contributed by atoms with Crippen LogP contribution >= 0.6 is 0 Å². The van der Waals surface area contributed by atoms with E-state index in [4.69, 9.17) is 4.55 Å². The first kappa shape index (κ1) is 8.07. The maximum atomic E-state index is 9.90. The van der Waals surface area contributed by atoms with Gasteiger partial charge in [0.2, 0.25) is 0 Å². The zero-order chi connectivity index (χ0) is 6.78. The summed E-state index contributed by atoms with van der Waals surface area (Å²) in [6.07, 6.45) is 0. The number of hydrogen-bond donors (Lipinski definition) is 1. The first-order valence-electron chi connectivity index (χ1n) is 2.22. The molecule has 0 spiro atoms. The van der Waals surface area contributed by atoms with Gasteiger partial charge < -0.3 is 0 Å². The van der Waals surface area contributed by atoms with Crippen LogP contribution in [0.2, 0.25) is 0 Å². The SMILES string of the molecule is CC(C)(C)OS(=O)O. The van der Waals surface area contributed by atoms with E-state index >= 15 is 0 Å². The van der Waals surface area contributed by atoms with E-state index in [2.05, 4.69) is 4.18 Å². The fraction of sp³-hybridized carbons (Fsp3) is 1.00. The van der Waals surface area contributed by atoms with Gasteiger partial charge in [-0.25, -0.2) is 0 Å². The van der Waals surface area contributed by atoms with Gasteiger partial charge in [-0.15, -0.1) is 0 Å². The maximum absolute atomic E-state index is 9.90.